The zero-order chi connectivity index (χ0) is 19.7. The first kappa shape index (κ1) is 18.3. The van der Waals surface area contributed by atoms with Crippen LogP contribution in [0.5, 0.6) is 0 Å². The molecule has 4 aromatic rings. The number of hydrogen-bond donors (Lipinski definition) is 2. The van der Waals surface area contributed by atoms with Gasteiger partial charge in [-0.2, -0.15) is 5.10 Å². The highest BCUT2D eigenvalue weighted by Gasteiger charge is 2.12. The summed E-state index contributed by atoms with van der Waals surface area (Å²) in [6.07, 6.45) is 0.642. The summed E-state index contributed by atoms with van der Waals surface area (Å²) in [6.45, 7) is 4.30. The van der Waals surface area contributed by atoms with Crippen molar-refractivity contribution in [1.29, 1.82) is 0 Å². The standard InChI is InChI=1S/C21H20ClN5O/c1-13-20(22)14(2)27(26-13)16-9-7-15(8-10-16)21(28)23-12-11-19-24-17-5-3-4-6-18(17)25-19/h3-10H,11-12H2,1-2H3,(H,23,28)(H,24,25). The normalized spacial score (nSPS) is 11.1. The number of nitrogens with zero attached hydrogens (tertiary/aromatic N) is 3. The number of amides is 1. The molecule has 0 aliphatic carbocycles. The van der Waals surface area contributed by atoms with Crippen LogP contribution in [0.25, 0.3) is 16.7 Å². The number of aromatic amines is 1. The van der Waals surface area contributed by atoms with E-state index in [4.69, 9.17) is 11.6 Å². The van der Waals surface area contributed by atoms with Crippen molar-refractivity contribution in [2.75, 3.05) is 6.54 Å². The zero-order valence-electron chi connectivity index (χ0n) is 15.7. The summed E-state index contributed by atoms with van der Waals surface area (Å²) in [7, 11) is 0. The summed E-state index contributed by atoms with van der Waals surface area (Å²) in [4.78, 5) is 20.2. The minimum atomic E-state index is -0.117. The number of halogens is 1. The van der Waals surface area contributed by atoms with E-state index in [-0.39, 0.29) is 5.91 Å². The lowest BCUT2D eigenvalue weighted by atomic mass is 10.2. The van der Waals surface area contributed by atoms with Gasteiger partial charge in [0, 0.05) is 18.5 Å². The van der Waals surface area contributed by atoms with Gasteiger partial charge in [0.05, 0.1) is 33.1 Å². The number of benzene rings is 2. The largest absolute Gasteiger partial charge is 0.352 e. The fraction of sp³-hybridized carbons (Fsp3) is 0.190. The predicted octanol–water partition coefficient (Wildman–Crippen LogP) is 3.99. The van der Waals surface area contributed by atoms with Gasteiger partial charge in [-0.3, -0.25) is 4.79 Å². The summed E-state index contributed by atoms with van der Waals surface area (Å²) in [5, 5.41) is 8.02. The van der Waals surface area contributed by atoms with Crippen LogP contribution in [0.2, 0.25) is 5.02 Å². The van der Waals surface area contributed by atoms with Crippen LogP contribution in [-0.4, -0.2) is 32.2 Å². The highest BCUT2D eigenvalue weighted by Crippen LogP contribution is 2.22. The molecule has 1 amide bonds. The van der Waals surface area contributed by atoms with Crippen LogP contribution in [0.4, 0.5) is 0 Å². The van der Waals surface area contributed by atoms with Gasteiger partial charge >= 0.3 is 0 Å². The smallest absolute Gasteiger partial charge is 0.251 e. The third-order valence-electron chi connectivity index (χ3n) is 4.66. The Bertz CT molecular complexity index is 1110. The Kier molecular flexibility index (Phi) is 4.88. The number of imidazole rings is 1. The van der Waals surface area contributed by atoms with Crippen molar-refractivity contribution in [3.8, 4) is 5.69 Å². The van der Waals surface area contributed by atoms with Crippen molar-refractivity contribution >= 4 is 28.5 Å². The van der Waals surface area contributed by atoms with Crippen molar-refractivity contribution in [2.24, 2.45) is 0 Å². The topological polar surface area (TPSA) is 75.6 Å². The second-order valence-corrected chi connectivity index (χ2v) is 7.03. The Labute approximate surface area is 167 Å². The van der Waals surface area contributed by atoms with E-state index in [1.807, 2.05) is 50.2 Å². The third kappa shape index (κ3) is 3.51. The second kappa shape index (κ2) is 7.48. The van der Waals surface area contributed by atoms with Gasteiger partial charge < -0.3 is 10.3 Å². The maximum Gasteiger partial charge on any atom is 0.251 e. The quantitative estimate of drug-likeness (QED) is 0.538. The van der Waals surface area contributed by atoms with Gasteiger partial charge in [0.15, 0.2) is 0 Å². The number of aromatic nitrogens is 4. The minimum absolute atomic E-state index is 0.117. The molecule has 6 nitrogen and oxygen atoms in total. The van der Waals surface area contributed by atoms with E-state index in [0.29, 0.717) is 23.6 Å². The molecule has 0 saturated heterocycles. The van der Waals surface area contributed by atoms with E-state index in [1.54, 1.807) is 16.8 Å². The number of carbonyl (C=O) groups is 1. The van der Waals surface area contributed by atoms with Gasteiger partial charge in [-0.1, -0.05) is 23.7 Å². The van der Waals surface area contributed by atoms with E-state index in [2.05, 4.69) is 20.4 Å². The molecule has 2 aromatic heterocycles. The Balaban J connectivity index is 1.38. The molecule has 0 aliphatic rings. The Morgan fingerprint density at radius 3 is 2.57 bits per heavy atom. The molecule has 2 aromatic carbocycles. The number of carbonyl (C=O) groups excluding carboxylic acids is 1. The van der Waals surface area contributed by atoms with Crippen LogP contribution in [-0.2, 0) is 6.42 Å². The monoisotopic (exact) mass is 393 g/mol. The summed E-state index contributed by atoms with van der Waals surface area (Å²) < 4.78 is 1.78. The molecule has 4 rings (SSSR count). The van der Waals surface area contributed by atoms with Gasteiger partial charge in [-0.05, 0) is 50.2 Å². The Morgan fingerprint density at radius 2 is 1.89 bits per heavy atom. The van der Waals surface area contributed by atoms with Crippen molar-refractivity contribution in [3.63, 3.8) is 0 Å². The van der Waals surface area contributed by atoms with Crippen LogP contribution in [0.3, 0.4) is 0 Å². The van der Waals surface area contributed by atoms with Gasteiger partial charge in [0.2, 0.25) is 0 Å². The number of para-hydroxylation sites is 2. The summed E-state index contributed by atoms with van der Waals surface area (Å²) >= 11 is 6.21. The molecule has 0 radical (unpaired) electrons. The number of nitrogens with one attached hydrogen (secondary N) is 2. The lowest BCUT2D eigenvalue weighted by Gasteiger charge is -2.07. The fourth-order valence-electron chi connectivity index (χ4n) is 3.15. The molecule has 142 valence electrons. The molecule has 0 aliphatic heterocycles. The number of H-pyrrole nitrogens is 1. The highest BCUT2D eigenvalue weighted by atomic mass is 35.5. The Hall–Kier alpha value is -3.12. The molecule has 2 heterocycles. The maximum absolute atomic E-state index is 12.4. The predicted molar refractivity (Wildman–Crippen MR) is 110 cm³/mol. The summed E-state index contributed by atoms with van der Waals surface area (Å²) in [6, 6.07) is 15.2. The average Bonchev–Trinajstić information content (AvgIpc) is 3.24. The van der Waals surface area contributed by atoms with Crippen molar-refractivity contribution < 1.29 is 4.79 Å². The molecule has 0 unspecified atom stereocenters. The third-order valence-corrected chi connectivity index (χ3v) is 5.21. The van der Waals surface area contributed by atoms with E-state index in [9.17, 15) is 4.79 Å². The van der Waals surface area contributed by atoms with Crippen molar-refractivity contribution in [1.82, 2.24) is 25.1 Å². The van der Waals surface area contributed by atoms with Gasteiger partial charge in [0.1, 0.15) is 5.82 Å². The average molecular weight is 394 g/mol. The number of fused-ring (bicyclic) bond motifs is 1. The number of rotatable bonds is 5. The summed E-state index contributed by atoms with van der Waals surface area (Å²) in [5.41, 5.74) is 5.06. The summed E-state index contributed by atoms with van der Waals surface area (Å²) in [5.74, 6) is 0.743. The molecule has 0 spiro atoms. The lowest BCUT2D eigenvalue weighted by molar-refractivity contribution is 0.0954. The number of hydrogen-bond acceptors (Lipinski definition) is 3. The SMILES string of the molecule is Cc1nn(-c2ccc(C(=O)NCCc3nc4ccccc4[nH]3)cc2)c(C)c1Cl. The van der Waals surface area contributed by atoms with Crippen molar-refractivity contribution in [3.05, 3.63) is 76.3 Å². The fourth-order valence-corrected chi connectivity index (χ4v) is 3.27. The molecule has 28 heavy (non-hydrogen) atoms. The lowest BCUT2D eigenvalue weighted by Crippen LogP contribution is -2.25. The molecular weight excluding hydrogens is 374 g/mol. The Morgan fingerprint density at radius 1 is 1.14 bits per heavy atom. The van der Waals surface area contributed by atoms with Crippen LogP contribution >= 0.6 is 11.6 Å². The van der Waals surface area contributed by atoms with Gasteiger partial charge in [-0.25, -0.2) is 9.67 Å². The maximum atomic E-state index is 12.4. The highest BCUT2D eigenvalue weighted by molar-refractivity contribution is 6.31. The molecule has 0 saturated carbocycles. The number of aryl methyl sites for hydroxylation is 1. The zero-order valence-corrected chi connectivity index (χ0v) is 16.4. The molecule has 0 fully saturated rings. The van der Waals surface area contributed by atoms with Crippen molar-refractivity contribution in [2.45, 2.75) is 20.3 Å². The van der Waals surface area contributed by atoms with Crippen LogP contribution < -0.4 is 5.32 Å². The van der Waals surface area contributed by atoms with Gasteiger partial charge in [0.25, 0.3) is 5.91 Å². The second-order valence-electron chi connectivity index (χ2n) is 6.65. The molecular formula is C21H20ClN5O. The van der Waals surface area contributed by atoms with E-state index in [1.165, 1.54) is 0 Å². The first-order valence-electron chi connectivity index (χ1n) is 9.07. The molecule has 0 atom stereocenters. The van der Waals surface area contributed by atoms with Crippen LogP contribution in [0.15, 0.2) is 48.5 Å². The minimum Gasteiger partial charge on any atom is -0.352 e. The van der Waals surface area contributed by atoms with Crippen LogP contribution in [0, 0.1) is 13.8 Å². The van der Waals surface area contributed by atoms with E-state index < -0.39 is 0 Å². The van der Waals surface area contributed by atoms with Crippen LogP contribution in [0.1, 0.15) is 27.6 Å². The van der Waals surface area contributed by atoms with Gasteiger partial charge in [-0.15, -0.1) is 0 Å². The van der Waals surface area contributed by atoms with E-state index in [0.717, 1.165) is 33.9 Å². The molecule has 0 bridgehead atoms. The molecule has 2 N–H and O–H groups in total. The molecule has 7 heteroatoms. The van der Waals surface area contributed by atoms with E-state index >= 15 is 0 Å². The first-order chi connectivity index (χ1) is 13.5. The first-order valence-corrected chi connectivity index (χ1v) is 9.44.